The number of anilines is 2. The van der Waals surface area contributed by atoms with Crippen molar-refractivity contribution in [2.24, 2.45) is 0 Å². The molecule has 0 radical (unpaired) electrons. The zero-order valence-corrected chi connectivity index (χ0v) is 14.6. The Morgan fingerprint density at radius 1 is 0.560 bits per heavy atom. The molecule has 0 atom stereocenters. The summed E-state index contributed by atoms with van der Waals surface area (Å²) in [6, 6.07) is 24.9. The Kier molecular flexibility index (Phi) is 3.43. The van der Waals surface area contributed by atoms with Crippen LogP contribution in [0.25, 0.3) is 21.5 Å². The molecule has 0 saturated heterocycles. The molecule has 4 rings (SSSR count). The van der Waals surface area contributed by atoms with Crippen LogP contribution in [-0.2, 0) is 5.41 Å². The average molecular weight is 326 g/mol. The van der Waals surface area contributed by atoms with Crippen LogP contribution in [-0.4, -0.2) is 0 Å². The van der Waals surface area contributed by atoms with E-state index in [1.807, 2.05) is 12.1 Å². The molecule has 2 nitrogen and oxygen atoms in total. The summed E-state index contributed by atoms with van der Waals surface area (Å²) >= 11 is 0. The van der Waals surface area contributed by atoms with E-state index in [1.54, 1.807) is 0 Å². The third-order valence-electron chi connectivity index (χ3n) is 5.17. The van der Waals surface area contributed by atoms with E-state index in [9.17, 15) is 0 Å². The molecule has 4 aromatic carbocycles. The van der Waals surface area contributed by atoms with Crippen LogP contribution in [0.15, 0.2) is 72.8 Å². The van der Waals surface area contributed by atoms with Crippen LogP contribution in [0.3, 0.4) is 0 Å². The third-order valence-corrected chi connectivity index (χ3v) is 5.17. The standard InChI is InChI=1S/C23H22N2/c1-23(2,21-17-9-5-3-7-15(17)11-13-19(21)24)22-18-10-6-4-8-16(18)12-14-20(22)25/h3-14H,24-25H2,1-2H3. The molecule has 0 aliphatic rings. The fourth-order valence-corrected chi connectivity index (χ4v) is 4.10. The van der Waals surface area contributed by atoms with Gasteiger partial charge in [-0.2, -0.15) is 0 Å². The number of hydrogen-bond donors (Lipinski definition) is 2. The van der Waals surface area contributed by atoms with E-state index in [0.29, 0.717) is 0 Å². The smallest absolute Gasteiger partial charge is 0.0362 e. The number of nitrogens with two attached hydrogens (primary N) is 2. The molecule has 0 bridgehead atoms. The topological polar surface area (TPSA) is 52.0 Å². The van der Waals surface area contributed by atoms with Gasteiger partial charge in [-0.3, -0.25) is 0 Å². The van der Waals surface area contributed by atoms with Gasteiger partial charge >= 0.3 is 0 Å². The maximum atomic E-state index is 6.46. The van der Waals surface area contributed by atoms with Crippen molar-refractivity contribution in [3.8, 4) is 0 Å². The van der Waals surface area contributed by atoms with Crippen molar-refractivity contribution in [2.75, 3.05) is 11.5 Å². The van der Waals surface area contributed by atoms with Crippen molar-refractivity contribution in [1.29, 1.82) is 0 Å². The minimum Gasteiger partial charge on any atom is -0.398 e. The highest BCUT2D eigenvalue weighted by molar-refractivity contribution is 5.96. The summed E-state index contributed by atoms with van der Waals surface area (Å²) in [5.74, 6) is 0. The second-order valence-corrected chi connectivity index (χ2v) is 7.13. The van der Waals surface area contributed by atoms with Crippen molar-refractivity contribution < 1.29 is 0 Å². The molecule has 0 unspecified atom stereocenters. The summed E-state index contributed by atoms with van der Waals surface area (Å²) in [7, 11) is 0. The highest BCUT2D eigenvalue weighted by Gasteiger charge is 2.30. The molecule has 0 spiro atoms. The minimum absolute atomic E-state index is 0.324. The lowest BCUT2D eigenvalue weighted by Crippen LogP contribution is -2.23. The molecular weight excluding hydrogens is 304 g/mol. The van der Waals surface area contributed by atoms with Crippen molar-refractivity contribution in [1.82, 2.24) is 0 Å². The van der Waals surface area contributed by atoms with Crippen LogP contribution in [0.1, 0.15) is 25.0 Å². The SMILES string of the molecule is CC(C)(c1c(N)ccc2ccccc12)c1c(N)ccc2ccccc12. The van der Waals surface area contributed by atoms with E-state index in [4.69, 9.17) is 11.5 Å². The summed E-state index contributed by atoms with van der Waals surface area (Å²) in [5.41, 5.74) is 16.5. The van der Waals surface area contributed by atoms with Gasteiger partial charge in [-0.1, -0.05) is 74.5 Å². The Morgan fingerprint density at radius 3 is 1.40 bits per heavy atom. The molecular formula is C23H22N2. The highest BCUT2D eigenvalue weighted by Crippen LogP contribution is 2.44. The van der Waals surface area contributed by atoms with E-state index >= 15 is 0 Å². The molecule has 2 heteroatoms. The van der Waals surface area contributed by atoms with Gasteiger partial charge in [0, 0.05) is 16.8 Å². The molecule has 0 heterocycles. The van der Waals surface area contributed by atoms with Gasteiger partial charge < -0.3 is 11.5 Å². The lowest BCUT2D eigenvalue weighted by Gasteiger charge is -2.31. The third kappa shape index (κ3) is 2.33. The number of nitrogen functional groups attached to an aromatic ring is 2. The lowest BCUT2D eigenvalue weighted by molar-refractivity contribution is 0.658. The molecule has 0 amide bonds. The molecule has 25 heavy (non-hydrogen) atoms. The van der Waals surface area contributed by atoms with Crippen molar-refractivity contribution in [2.45, 2.75) is 19.3 Å². The molecule has 0 aromatic heterocycles. The normalized spacial score (nSPS) is 11.9. The van der Waals surface area contributed by atoms with Crippen molar-refractivity contribution in [3.63, 3.8) is 0 Å². The molecule has 124 valence electrons. The molecule has 0 fully saturated rings. The van der Waals surface area contributed by atoms with E-state index < -0.39 is 0 Å². The van der Waals surface area contributed by atoms with Crippen LogP contribution in [0.4, 0.5) is 11.4 Å². The minimum atomic E-state index is -0.324. The van der Waals surface area contributed by atoms with Gasteiger partial charge in [0.15, 0.2) is 0 Å². The molecule has 0 aliphatic carbocycles. The lowest BCUT2D eigenvalue weighted by atomic mass is 9.73. The Morgan fingerprint density at radius 2 is 0.960 bits per heavy atom. The fourth-order valence-electron chi connectivity index (χ4n) is 4.10. The first-order chi connectivity index (χ1) is 12.0. The second kappa shape index (κ2) is 5.52. The summed E-state index contributed by atoms with van der Waals surface area (Å²) in [6.45, 7) is 4.42. The fraction of sp³-hybridized carbons (Fsp3) is 0.130. The van der Waals surface area contributed by atoms with E-state index in [-0.39, 0.29) is 5.41 Å². The summed E-state index contributed by atoms with van der Waals surface area (Å²) < 4.78 is 0. The van der Waals surface area contributed by atoms with Crippen LogP contribution in [0.5, 0.6) is 0 Å². The predicted octanol–water partition coefficient (Wildman–Crippen LogP) is 5.48. The van der Waals surface area contributed by atoms with Crippen molar-refractivity contribution in [3.05, 3.63) is 83.9 Å². The number of hydrogen-bond acceptors (Lipinski definition) is 2. The predicted molar refractivity (Wildman–Crippen MR) is 109 cm³/mol. The van der Waals surface area contributed by atoms with E-state index in [1.165, 1.54) is 21.5 Å². The van der Waals surface area contributed by atoms with Gasteiger partial charge in [0.1, 0.15) is 0 Å². The first kappa shape index (κ1) is 15.5. The largest absolute Gasteiger partial charge is 0.398 e. The quantitative estimate of drug-likeness (QED) is 0.479. The van der Waals surface area contributed by atoms with Gasteiger partial charge in [-0.15, -0.1) is 0 Å². The molecule has 4 aromatic rings. The maximum Gasteiger partial charge on any atom is 0.0362 e. The molecule has 0 aliphatic heterocycles. The van der Waals surface area contributed by atoms with Crippen molar-refractivity contribution >= 4 is 32.9 Å². The van der Waals surface area contributed by atoms with Crippen LogP contribution < -0.4 is 11.5 Å². The first-order valence-electron chi connectivity index (χ1n) is 8.55. The Balaban J connectivity index is 2.11. The molecule has 0 saturated carbocycles. The molecule has 4 N–H and O–H groups in total. The van der Waals surface area contributed by atoms with Gasteiger partial charge in [0.2, 0.25) is 0 Å². The summed E-state index contributed by atoms with van der Waals surface area (Å²) in [5, 5.41) is 4.75. The average Bonchev–Trinajstić information content (AvgIpc) is 2.61. The summed E-state index contributed by atoms with van der Waals surface area (Å²) in [4.78, 5) is 0. The van der Waals surface area contributed by atoms with Crippen LogP contribution in [0, 0.1) is 0 Å². The second-order valence-electron chi connectivity index (χ2n) is 7.13. The maximum absolute atomic E-state index is 6.46. The number of benzene rings is 4. The Labute approximate surface area is 148 Å². The number of fused-ring (bicyclic) bond motifs is 2. The van der Waals surface area contributed by atoms with Gasteiger partial charge in [-0.25, -0.2) is 0 Å². The van der Waals surface area contributed by atoms with Crippen LogP contribution in [0.2, 0.25) is 0 Å². The summed E-state index contributed by atoms with van der Waals surface area (Å²) in [6.07, 6.45) is 0. The Hall–Kier alpha value is -3.00. The van der Waals surface area contributed by atoms with E-state index in [0.717, 1.165) is 22.5 Å². The zero-order valence-electron chi connectivity index (χ0n) is 14.6. The Bertz CT molecular complexity index is 1010. The van der Waals surface area contributed by atoms with Crippen LogP contribution >= 0.6 is 0 Å². The van der Waals surface area contributed by atoms with Gasteiger partial charge in [0.05, 0.1) is 0 Å². The van der Waals surface area contributed by atoms with Gasteiger partial charge in [0.25, 0.3) is 0 Å². The van der Waals surface area contributed by atoms with E-state index in [2.05, 4.69) is 74.5 Å². The monoisotopic (exact) mass is 326 g/mol. The first-order valence-corrected chi connectivity index (χ1v) is 8.55. The number of rotatable bonds is 2. The highest BCUT2D eigenvalue weighted by atomic mass is 14.6. The zero-order chi connectivity index (χ0) is 17.6. The van der Waals surface area contributed by atoms with Gasteiger partial charge in [-0.05, 0) is 44.8 Å².